The molecule has 0 fully saturated rings. The van der Waals surface area contributed by atoms with Crippen LogP contribution in [0, 0.1) is 6.92 Å². The van der Waals surface area contributed by atoms with E-state index < -0.39 is 34.9 Å². The van der Waals surface area contributed by atoms with Crippen LogP contribution in [-0.4, -0.2) is 39.6 Å². The highest BCUT2D eigenvalue weighted by atomic mass is 32.2. The molecule has 0 aliphatic carbocycles. The third-order valence-electron chi connectivity index (χ3n) is 2.60. The maximum absolute atomic E-state index is 13.0. The number of rotatable bonds is 6. The molecule has 1 aromatic carbocycles. The third-order valence-corrected chi connectivity index (χ3v) is 3.19. The molecule has 0 aromatic heterocycles. The standard InChI is InChI=1S/C12H17F2N3O3S/c1-8-3-4-9(5-10(8)17-21(2,19)20)11(18)16-7-12(13,14)6-15/h3-5,17H,6-7,15H2,1-2H3,(H,16,18). The summed E-state index contributed by atoms with van der Waals surface area (Å²) in [5, 5.41) is 2.05. The largest absolute Gasteiger partial charge is 0.346 e. The quantitative estimate of drug-likeness (QED) is 0.717. The van der Waals surface area contributed by atoms with Gasteiger partial charge in [0.25, 0.3) is 11.8 Å². The summed E-state index contributed by atoms with van der Waals surface area (Å²) in [4.78, 5) is 11.8. The van der Waals surface area contributed by atoms with Crippen LogP contribution in [-0.2, 0) is 10.0 Å². The molecular weight excluding hydrogens is 304 g/mol. The van der Waals surface area contributed by atoms with Crippen LogP contribution >= 0.6 is 0 Å². The molecule has 21 heavy (non-hydrogen) atoms. The summed E-state index contributed by atoms with van der Waals surface area (Å²) in [5.74, 6) is -3.92. The van der Waals surface area contributed by atoms with Crippen molar-refractivity contribution in [2.75, 3.05) is 24.1 Å². The number of carbonyl (C=O) groups excluding carboxylic acids is 1. The Morgan fingerprint density at radius 2 is 2.00 bits per heavy atom. The van der Waals surface area contributed by atoms with Crippen molar-refractivity contribution in [2.45, 2.75) is 12.8 Å². The average molecular weight is 321 g/mol. The lowest BCUT2D eigenvalue weighted by atomic mass is 10.1. The third kappa shape index (κ3) is 5.64. The highest BCUT2D eigenvalue weighted by molar-refractivity contribution is 7.92. The van der Waals surface area contributed by atoms with E-state index >= 15 is 0 Å². The van der Waals surface area contributed by atoms with Gasteiger partial charge in [-0.15, -0.1) is 0 Å². The Balaban J connectivity index is 2.89. The van der Waals surface area contributed by atoms with Gasteiger partial charge < -0.3 is 11.1 Å². The molecule has 6 nitrogen and oxygen atoms in total. The number of halogens is 2. The molecule has 0 saturated heterocycles. The fourth-order valence-electron chi connectivity index (χ4n) is 1.46. The number of amides is 1. The summed E-state index contributed by atoms with van der Waals surface area (Å²) in [6, 6.07) is 4.22. The number of nitrogens with one attached hydrogen (secondary N) is 2. The van der Waals surface area contributed by atoms with Crippen LogP contribution in [0.15, 0.2) is 18.2 Å². The lowest BCUT2D eigenvalue weighted by molar-refractivity contribution is 0.0118. The van der Waals surface area contributed by atoms with Crippen molar-refractivity contribution in [1.82, 2.24) is 5.32 Å². The molecule has 1 rings (SSSR count). The lowest BCUT2D eigenvalue weighted by Crippen LogP contribution is -2.41. The van der Waals surface area contributed by atoms with Crippen molar-refractivity contribution in [3.8, 4) is 0 Å². The fraction of sp³-hybridized carbons (Fsp3) is 0.417. The summed E-state index contributed by atoms with van der Waals surface area (Å²) in [7, 11) is -3.50. The van der Waals surface area contributed by atoms with E-state index in [1.807, 2.05) is 0 Å². The second kappa shape index (κ2) is 6.35. The van der Waals surface area contributed by atoms with Crippen molar-refractivity contribution >= 4 is 21.6 Å². The molecule has 1 amide bonds. The van der Waals surface area contributed by atoms with Crippen LogP contribution in [0.2, 0.25) is 0 Å². The van der Waals surface area contributed by atoms with Gasteiger partial charge in [-0.3, -0.25) is 9.52 Å². The Labute approximate surface area is 121 Å². The maximum Gasteiger partial charge on any atom is 0.277 e. The first-order valence-electron chi connectivity index (χ1n) is 5.98. The smallest absolute Gasteiger partial charge is 0.277 e. The normalized spacial score (nSPS) is 12.0. The van der Waals surface area contributed by atoms with Crippen LogP contribution in [0.3, 0.4) is 0 Å². The predicted octanol–water partition coefficient (Wildman–Crippen LogP) is 0.690. The van der Waals surface area contributed by atoms with Crippen LogP contribution < -0.4 is 15.8 Å². The zero-order valence-corrected chi connectivity index (χ0v) is 12.4. The molecular formula is C12H17F2N3O3S. The average Bonchev–Trinajstić information content (AvgIpc) is 2.37. The van der Waals surface area contributed by atoms with E-state index in [-0.39, 0.29) is 11.3 Å². The van der Waals surface area contributed by atoms with E-state index in [2.05, 4.69) is 10.0 Å². The number of hydrogen-bond donors (Lipinski definition) is 3. The lowest BCUT2D eigenvalue weighted by Gasteiger charge is -2.15. The maximum atomic E-state index is 13.0. The van der Waals surface area contributed by atoms with Crippen molar-refractivity contribution in [3.63, 3.8) is 0 Å². The SMILES string of the molecule is Cc1ccc(C(=O)NCC(F)(F)CN)cc1NS(C)(=O)=O. The van der Waals surface area contributed by atoms with Gasteiger partial charge in [0, 0.05) is 5.56 Å². The van der Waals surface area contributed by atoms with Gasteiger partial charge in [0.05, 0.1) is 25.0 Å². The first-order valence-corrected chi connectivity index (χ1v) is 7.88. The zero-order valence-electron chi connectivity index (χ0n) is 11.6. The van der Waals surface area contributed by atoms with Gasteiger partial charge in [0.2, 0.25) is 10.0 Å². The number of sulfonamides is 1. The van der Waals surface area contributed by atoms with Crippen LogP contribution in [0.25, 0.3) is 0 Å². The highest BCUT2D eigenvalue weighted by Crippen LogP contribution is 2.18. The molecule has 0 atom stereocenters. The number of hydrogen-bond acceptors (Lipinski definition) is 4. The van der Waals surface area contributed by atoms with E-state index in [9.17, 15) is 22.0 Å². The molecule has 9 heteroatoms. The topological polar surface area (TPSA) is 101 Å². The summed E-state index contributed by atoms with van der Waals surface area (Å²) in [5.41, 5.74) is 5.76. The van der Waals surface area contributed by atoms with E-state index in [1.54, 1.807) is 6.92 Å². The monoisotopic (exact) mass is 321 g/mol. The fourth-order valence-corrected chi connectivity index (χ4v) is 2.08. The summed E-state index contributed by atoms with van der Waals surface area (Å²) >= 11 is 0. The molecule has 4 N–H and O–H groups in total. The van der Waals surface area contributed by atoms with E-state index in [1.165, 1.54) is 18.2 Å². The van der Waals surface area contributed by atoms with Gasteiger partial charge in [-0.1, -0.05) is 6.07 Å². The summed E-state index contributed by atoms with van der Waals surface area (Å²) in [6.07, 6.45) is 0.973. The van der Waals surface area contributed by atoms with Gasteiger partial charge in [-0.05, 0) is 24.6 Å². The van der Waals surface area contributed by atoms with Crippen LogP contribution in [0.4, 0.5) is 14.5 Å². The van der Waals surface area contributed by atoms with Gasteiger partial charge in [-0.2, -0.15) is 0 Å². The molecule has 118 valence electrons. The Bertz CT molecular complexity index is 633. The molecule has 0 spiro atoms. The number of anilines is 1. The molecule has 0 heterocycles. The molecule has 0 saturated carbocycles. The molecule has 1 aromatic rings. The van der Waals surface area contributed by atoms with Gasteiger partial charge in [0.15, 0.2) is 0 Å². The number of nitrogens with two attached hydrogens (primary N) is 1. The van der Waals surface area contributed by atoms with Gasteiger partial charge >= 0.3 is 0 Å². The Kier molecular flexibility index (Phi) is 5.24. The molecule has 0 radical (unpaired) electrons. The van der Waals surface area contributed by atoms with E-state index in [4.69, 9.17) is 5.73 Å². The summed E-state index contributed by atoms with van der Waals surface area (Å²) < 4.78 is 50.6. The van der Waals surface area contributed by atoms with Crippen molar-refractivity contribution < 1.29 is 22.0 Å². The second-order valence-electron chi connectivity index (χ2n) is 4.65. The highest BCUT2D eigenvalue weighted by Gasteiger charge is 2.27. The molecule has 0 unspecified atom stereocenters. The van der Waals surface area contributed by atoms with Crippen molar-refractivity contribution in [3.05, 3.63) is 29.3 Å². The number of aryl methyl sites for hydroxylation is 1. The zero-order chi connectivity index (χ0) is 16.3. The van der Waals surface area contributed by atoms with Crippen molar-refractivity contribution in [1.29, 1.82) is 0 Å². The Hall–Kier alpha value is -1.74. The van der Waals surface area contributed by atoms with Crippen LogP contribution in [0.5, 0.6) is 0 Å². The minimum Gasteiger partial charge on any atom is -0.346 e. The van der Waals surface area contributed by atoms with Crippen molar-refractivity contribution in [2.24, 2.45) is 5.73 Å². The number of carbonyl (C=O) groups is 1. The second-order valence-corrected chi connectivity index (χ2v) is 6.40. The molecule has 0 aliphatic rings. The molecule has 0 aliphatic heterocycles. The van der Waals surface area contributed by atoms with E-state index in [0.717, 1.165) is 6.26 Å². The minimum absolute atomic E-state index is 0.0690. The minimum atomic E-state index is -3.50. The Morgan fingerprint density at radius 1 is 1.38 bits per heavy atom. The molecule has 0 bridgehead atoms. The number of alkyl halides is 2. The first-order chi connectivity index (χ1) is 9.54. The van der Waals surface area contributed by atoms with Crippen LogP contribution in [0.1, 0.15) is 15.9 Å². The Morgan fingerprint density at radius 3 is 2.52 bits per heavy atom. The number of benzene rings is 1. The first kappa shape index (κ1) is 17.3. The van der Waals surface area contributed by atoms with E-state index in [0.29, 0.717) is 5.56 Å². The summed E-state index contributed by atoms with van der Waals surface area (Å²) in [6.45, 7) is -0.106. The van der Waals surface area contributed by atoms with Gasteiger partial charge in [-0.25, -0.2) is 17.2 Å². The van der Waals surface area contributed by atoms with Gasteiger partial charge in [0.1, 0.15) is 0 Å². The predicted molar refractivity (Wildman–Crippen MR) is 76.0 cm³/mol.